The predicted octanol–water partition coefficient (Wildman–Crippen LogP) is 2.22. The van der Waals surface area contributed by atoms with Gasteiger partial charge in [-0.1, -0.05) is 11.4 Å². The topological polar surface area (TPSA) is 55.6 Å². The minimum Gasteiger partial charge on any atom is -0.304 e. The van der Waals surface area contributed by atoms with E-state index < -0.39 is 0 Å². The van der Waals surface area contributed by atoms with Gasteiger partial charge < -0.3 is 5.32 Å². The summed E-state index contributed by atoms with van der Waals surface area (Å²) in [6.45, 7) is 5.85. The van der Waals surface area contributed by atoms with Crippen LogP contribution in [0.15, 0.2) is 16.0 Å². The van der Waals surface area contributed by atoms with Gasteiger partial charge in [0.25, 0.3) is 0 Å². The average molecular weight is 316 g/mol. The molecule has 17 heavy (non-hydrogen) atoms. The van der Waals surface area contributed by atoms with Crippen molar-refractivity contribution >= 4 is 27.5 Å². The van der Waals surface area contributed by atoms with Gasteiger partial charge in [-0.3, -0.25) is 4.68 Å². The molecule has 0 aliphatic heterocycles. The van der Waals surface area contributed by atoms with E-state index in [1.54, 1.807) is 0 Å². The second kappa shape index (κ2) is 5.70. The molecule has 2 aromatic heterocycles. The fourth-order valence-electron chi connectivity index (χ4n) is 1.75. The molecule has 0 saturated heterocycles. The fourth-order valence-corrected chi connectivity index (χ4v) is 2.76. The van der Waals surface area contributed by atoms with E-state index in [-0.39, 0.29) is 6.04 Å². The molecular weight excluding hydrogens is 302 g/mol. The lowest BCUT2D eigenvalue weighted by atomic mass is 10.1. The summed E-state index contributed by atoms with van der Waals surface area (Å²) in [6.07, 6.45) is 1.82. The number of rotatable bonds is 5. The van der Waals surface area contributed by atoms with Crippen LogP contribution in [0.4, 0.5) is 0 Å². The van der Waals surface area contributed by atoms with Gasteiger partial charge in [-0.05, 0) is 40.9 Å². The molecule has 5 nitrogen and oxygen atoms in total. The van der Waals surface area contributed by atoms with Gasteiger partial charge in [0.05, 0.1) is 28.1 Å². The highest BCUT2D eigenvalue weighted by Gasteiger charge is 2.22. The number of hydrogen-bond acceptors (Lipinski definition) is 5. The van der Waals surface area contributed by atoms with Crippen molar-refractivity contribution in [1.29, 1.82) is 0 Å². The summed E-state index contributed by atoms with van der Waals surface area (Å²) < 4.78 is 6.89. The summed E-state index contributed by atoms with van der Waals surface area (Å²) >= 11 is 4.91. The largest absolute Gasteiger partial charge is 0.304 e. The maximum atomic E-state index is 4.33. The van der Waals surface area contributed by atoms with Crippen LogP contribution in [0.2, 0.25) is 0 Å². The van der Waals surface area contributed by atoms with Gasteiger partial charge in [0.2, 0.25) is 0 Å². The van der Waals surface area contributed by atoms with Gasteiger partial charge in [-0.25, -0.2) is 0 Å². The Hall–Kier alpha value is -0.790. The molecule has 92 valence electrons. The molecule has 0 aliphatic rings. The SMILES string of the molecule is CCNC(c1csnn1)c1c(Br)cnn1CC. The van der Waals surface area contributed by atoms with Crippen LogP contribution in [0, 0.1) is 0 Å². The highest BCUT2D eigenvalue weighted by Crippen LogP contribution is 2.27. The number of nitrogens with zero attached hydrogens (tertiary/aromatic N) is 4. The first-order valence-corrected chi connectivity index (χ1v) is 7.12. The van der Waals surface area contributed by atoms with E-state index >= 15 is 0 Å². The summed E-state index contributed by atoms with van der Waals surface area (Å²) in [4.78, 5) is 0. The standard InChI is InChI=1S/C10H14BrN5S/c1-3-12-9(8-6-17-15-14-8)10-7(11)5-13-16(10)4-2/h5-6,9,12H,3-4H2,1-2H3. The average Bonchev–Trinajstić information content (AvgIpc) is 2.95. The van der Waals surface area contributed by atoms with E-state index in [9.17, 15) is 0 Å². The van der Waals surface area contributed by atoms with Crippen molar-refractivity contribution in [3.05, 3.63) is 27.4 Å². The van der Waals surface area contributed by atoms with Crippen molar-refractivity contribution < 1.29 is 0 Å². The molecule has 0 aromatic carbocycles. The molecule has 1 N–H and O–H groups in total. The lowest BCUT2D eigenvalue weighted by Gasteiger charge is -2.17. The van der Waals surface area contributed by atoms with E-state index in [1.165, 1.54) is 11.5 Å². The monoisotopic (exact) mass is 315 g/mol. The van der Waals surface area contributed by atoms with Gasteiger partial charge in [-0.2, -0.15) is 5.10 Å². The molecular formula is C10H14BrN5S. The summed E-state index contributed by atoms with van der Waals surface area (Å²) in [5.41, 5.74) is 2.04. The van der Waals surface area contributed by atoms with Crippen LogP contribution < -0.4 is 5.32 Å². The Morgan fingerprint density at radius 3 is 2.94 bits per heavy atom. The Balaban J connectivity index is 2.42. The van der Waals surface area contributed by atoms with Gasteiger partial charge in [0.1, 0.15) is 0 Å². The third kappa shape index (κ3) is 2.56. The zero-order valence-corrected chi connectivity index (χ0v) is 12.1. The molecule has 0 aliphatic carbocycles. The Morgan fingerprint density at radius 2 is 2.35 bits per heavy atom. The second-order valence-corrected chi connectivity index (χ2v) is 4.98. The van der Waals surface area contributed by atoms with Gasteiger partial charge in [0, 0.05) is 11.9 Å². The Kier molecular flexibility index (Phi) is 4.25. The van der Waals surface area contributed by atoms with E-state index in [2.05, 4.69) is 49.8 Å². The summed E-state index contributed by atoms with van der Waals surface area (Å²) in [7, 11) is 0. The molecule has 2 rings (SSSR count). The third-order valence-corrected chi connectivity index (χ3v) is 3.62. The molecule has 0 saturated carbocycles. The minimum atomic E-state index is 0.0376. The molecule has 0 radical (unpaired) electrons. The van der Waals surface area contributed by atoms with Gasteiger partial charge in [0.15, 0.2) is 0 Å². The number of nitrogens with one attached hydrogen (secondary N) is 1. The molecule has 0 bridgehead atoms. The lowest BCUT2D eigenvalue weighted by molar-refractivity contribution is 0.532. The van der Waals surface area contributed by atoms with E-state index in [0.717, 1.165) is 29.0 Å². The smallest absolute Gasteiger partial charge is 0.0986 e. The van der Waals surface area contributed by atoms with E-state index in [1.807, 2.05) is 16.3 Å². The molecule has 0 amide bonds. The lowest BCUT2D eigenvalue weighted by Crippen LogP contribution is -2.25. The van der Waals surface area contributed by atoms with Crippen LogP contribution in [-0.2, 0) is 6.54 Å². The van der Waals surface area contributed by atoms with Crippen molar-refractivity contribution in [1.82, 2.24) is 24.7 Å². The first kappa shape index (κ1) is 12.7. The number of aryl methyl sites for hydroxylation is 1. The summed E-state index contributed by atoms with van der Waals surface area (Å²) in [5.74, 6) is 0. The van der Waals surface area contributed by atoms with Crippen molar-refractivity contribution in [2.24, 2.45) is 0 Å². The zero-order valence-electron chi connectivity index (χ0n) is 9.72. The van der Waals surface area contributed by atoms with E-state index in [4.69, 9.17) is 0 Å². The molecule has 1 atom stereocenters. The molecule has 0 spiro atoms. The molecule has 1 unspecified atom stereocenters. The minimum absolute atomic E-state index is 0.0376. The molecule has 7 heteroatoms. The van der Waals surface area contributed by atoms with Crippen LogP contribution in [0.25, 0.3) is 0 Å². The van der Waals surface area contributed by atoms with Gasteiger partial charge in [-0.15, -0.1) is 5.10 Å². The van der Waals surface area contributed by atoms with Crippen molar-refractivity contribution in [2.45, 2.75) is 26.4 Å². The van der Waals surface area contributed by atoms with Crippen molar-refractivity contribution in [2.75, 3.05) is 6.54 Å². The summed E-state index contributed by atoms with van der Waals surface area (Å²) in [5, 5.41) is 13.9. The first-order valence-electron chi connectivity index (χ1n) is 5.49. The van der Waals surface area contributed by atoms with Crippen LogP contribution >= 0.6 is 27.5 Å². The number of aromatic nitrogens is 4. The van der Waals surface area contributed by atoms with Crippen molar-refractivity contribution in [3.8, 4) is 0 Å². The first-order chi connectivity index (χ1) is 8.27. The Bertz CT molecular complexity index is 467. The zero-order chi connectivity index (χ0) is 12.3. The number of halogens is 1. The third-order valence-electron chi connectivity index (χ3n) is 2.49. The fraction of sp³-hybridized carbons (Fsp3) is 0.500. The summed E-state index contributed by atoms with van der Waals surface area (Å²) in [6, 6.07) is 0.0376. The maximum absolute atomic E-state index is 4.33. The quantitative estimate of drug-likeness (QED) is 0.919. The van der Waals surface area contributed by atoms with Crippen LogP contribution in [-0.4, -0.2) is 25.9 Å². The van der Waals surface area contributed by atoms with Crippen molar-refractivity contribution in [3.63, 3.8) is 0 Å². The highest BCUT2D eigenvalue weighted by molar-refractivity contribution is 9.10. The van der Waals surface area contributed by atoms with Gasteiger partial charge >= 0.3 is 0 Å². The molecule has 2 aromatic rings. The van der Waals surface area contributed by atoms with Crippen LogP contribution in [0.5, 0.6) is 0 Å². The van der Waals surface area contributed by atoms with Crippen LogP contribution in [0.1, 0.15) is 31.3 Å². The predicted molar refractivity (Wildman–Crippen MR) is 71.0 cm³/mol. The van der Waals surface area contributed by atoms with E-state index in [0.29, 0.717) is 0 Å². The second-order valence-electron chi connectivity index (χ2n) is 3.51. The number of hydrogen-bond donors (Lipinski definition) is 1. The highest BCUT2D eigenvalue weighted by atomic mass is 79.9. The Labute approximate surface area is 113 Å². The molecule has 2 heterocycles. The van der Waals surface area contributed by atoms with Crippen LogP contribution in [0.3, 0.4) is 0 Å². The molecule has 0 fully saturated rings. The normalized spacial score (nSPS) is 12.9. The Morgan fingerprint density at radius 1 is 1.53 bits per heavy atom. The maximum Gasteiger partial charge on any atom is 0.0986 e.